The van der Waals surface area contributed by atoms with Crippen LogP contribution in [-0.2, 0) is 13.1 Å². The van der Waals surface area contributed by atoms with Gasteiger partial charge in [-0.25, -0.2) is 0 Å². The molecule has 0 saturated heterocycles. The predicted molar refractivity (Wildman–Crippen MR) is 83.5 cm³/mol. The van der Waals surface area contributed by atoms with E-state index >= 15 is 0 Å². The quantitative estimate of drug-likeness (QED) is 0.783. The molecule has 2 rings (SSSR count). The number of hydrogen-bond donors (Lipinski definition) is 1. The Balaban J connectivity index is 1.68. The molecule has 0 fully saturated rings. The second-order valence-corrected chi connectivity index (χ2v) is 5.20. The number of pyridine rings is 1. The molecule has 0 radical (unpaired) electrons. The minimum absolute atomic E-state index is 0.881. The van der Waals surface area contributed by atoms with Gasteiger partial charge in [0.15, 0.2) is 0 Å². The molecule has 1 aromatic carbocycles. The van der Waals surface area contributed by atoms with Crippen LogP contribution in [0.2, 0.25) is 0 Å². The van der Waals surface area contributed by atoms with Gasteiger partial charge < -0.3 is 10.2 Å². The number of aromatic nitrogens is 1. The van der Waals surface area contributed by atoms with Crippen LogP contribution in [0, 0.1) is 6.92 Å². The molecule has 0 saturated carbocycles. The summed E-state index contributed by atoms with van der Waals surface area (Å²) in [4.78, 5) is 6.46. The fraction of sp³-hybridized carbons (Fsp3) is 0.353. The summed E-state index contributed by atoms with van der Waals surface area (Å²) in [6.45, 7) is 6.07. The zero-order valence-electron chi connectivity index (χ0n) is 12.3. The fourth-order valence-electron chi connectivity index (χ4n) is 2.16. The zero-order valence-corrected chi connectivity index (χ0v) is 12.3. The molecule has 106 valence electrons. The van der Waals surface area contributed by atoms with Gasteiger partial charge >= 0.3 is 0 Å². The Labute approximate surface area is 121 Å². The summed E-state index contributed by atoms with van der Waals surface area (Å²) < 4.78 is 0. The molecule has 0 amide bonds. The SMILES string of the molecule is Cc1ccccc1CN(C)CCNCc1cccnc1. The highest BCUT2D eigenvalue weighted by atomic mass is 15.1. The highest BCUT2D eigenvalue weighted by Crippen LogP contribution is 2.08. The van der Waals surface area contributed by atoms with Crippen LogP contribution in [0.4, 0.5) is 0 Å². The molecule has 20 heavy (non-hydrogen) atoms. The third kappa shape index (κ3) is 4.76. The maximum Gasteiger partial charge on any atom is 0.0312 e. The average Bonchev–Trinajstić information content (AvgIpc) is 2.47. The molecule has 0 spiro atoms. The summed E-state index contributed by atoms with van der Waals surface area (Å²) in [6.07, 6.45) is 3.71. The van der Waals surface area contributed by atoms with Crippen LogP contribution in [0.1, 0.15) is 16.7 Å². The number of hydrogen-bond acceptors (Lipinski definition) is 3. The molecule has 0 aliphatic heterocycles. The summed E-state index contributed by atoms with van der Waals surface area (Å²) in [5.41, 5.74) is 4.00. The van der Waals surface area contributed by atoms with E-state index in [-0.39, 0.29) is 0 Å². The maximum absolute atomic E-state index is 4.11. The van der Waals surface area contributed by atoms with Crippen molar-refractivity contribution in [2.24, 2.45) is 0 Å². The van der Waals surface area contributed by atoms with E-state index < -0.39 is 0 Å². The van der Waals surface area contributed by atoms with Crippen LogP contribution < -0.4 is 5.32 Å². The molecular weight excluding hydrogens is 246 g/mol. The molecule has 0 atom stereocenters. The van der Waals surface area contributed by atoms with Gasteiger partial charge in [0.1, 0.15) is 0 Å². The third-order valence-electron chi connectivity index (χ3n) is 3.42. The number of likely N-dealkylation sites (N-methyl/N-ethyl adjacent to an activating group) is 1. The third-order valence-corrected chi connectivity index (χ3v) is 3.42. The topological polar surface area (TPSA) is 28.2 Å². The second kappa shape index (κ2) is 7.78. The van der Waals surface area contributed by atoms with Crippen LogP contribution in [0.15, 0.2) is 48.8 Å². The first-order valence-electron chi connectivity index (χ1n) is 7.08. The Morgan fingerprint density at radius 1 is 1.15 bits per heavy atom. The van der Waals surface area contributed by atoms with Crippen LogP contribution in [-0.4, -0.2) is 30.0 Å². The summed E-state index contributed by atoms with van der Waals surface area (Å²) in [7, 11) is 2.16. The number of rotatable bonds is 7. The smallest absolute Gasteiger partial charge is 0.0312 e. The van der Waals surface area contributed by atoms with E-state index in [4.69, 9.17) is 0 Å². The van der Waals surface area contributed by atoms with Gasteiger partial charge in [-0.15, -0.1) is 0 Å². The monoisotopic (exact) mass is 269 g/mol. The lowest BCUT2D eigenvalue weighted by Crippen LogP contribution is -2.28. The molecule has 0 aliphatic carbocycles. The van der Waals surface area contributed by atoms with Crippen molar-refractivity contribution >= 4 is 0 Å². The van der Waals surface area contributed by atoms with Crippen molar-refractivity contribution in [3.63, 3.8) is 0 Å². The molecule has 1 aromatic heterocycles. The lowest BCUT2D eigenvalue weighted by atomic mass is 10.1. The Morgan fingerprint density at radius 2 is 2.00 bits per heavy atom. The second-order valence-electron chi connectivity index (χ2n) is 5.20. The molecule has 1 N–H and O–H groups in total. The molecule has 3 heteroatoms. The molecule has 1 heterocycles. The van der Waals surface area contributed by atoms with Gasteiger partial charge in [0.2, 0.25) is 0 Å². The van der Waals surface area contributed by atoms with E-state index in [0.29, 0.717) is 0 Å². The van der Waals surface area contributed by atoms with Crippen molar-refractivity contribution in [1.82, 2.24) is 15.2 Å². The van der Waals surface area contributed by atoms with E-state index in [2.05, 4.69) is 59.5 Å². The normalized spacial score (nSPS) is 10.9. The first kappa shape index (κ1) is 14.7. The summed E-state index contributed by atoms with van der Waals surface area (Å²) in [5.74, 6) is 0. The number of nitrogens with zero attached hydrogens (tertiary/aromatic N) is 2. The number of nitrogens with one attached hydrogen (secondary N) is 1. The highest BCUT2D eigenvalue weighted by molar-refractivity contribution is 5.25. The fourth-order valence-corrected chi connectivity index (χ4v) is 2.16. The molecule has 0 bridgehead atoms. The number of aryl methyl sites for hydroxylation is 1. The minimum atomic E-state index is 0.881. The molecule has 0 aliphatic rings. The van der Waals surface area contributed by atoms with Crippen LogP contribution >= 0.6 is 0 Å². The first-order chi connectivity index (χ1) is 9.75. The first-order valence-corrected chi connectivity index (χ1v) is 7.08. The summed E-state index contributed by atoms with van der Waals surface area (Å²) in [5, 5.41) is 3.45. The van der Waals surface area contributed by atoms with Gasteiger partial charge in [-0.1, -0.05) is 30.3 Å². The van der Waals surface area contributed by atoms with Crippen molar-refractivity contribution in [1.29, 1.82) is 0 Å². The Hall–Kier alpha value is -1.71. The van der Waals surface area contributed by atoms with E-state index in [1.165, 1.54) is 16.7 Å². The van der Waals surface area contributed by atoms with Crippen molar-refractivity contribution in [3.8, 4) is 0 Å². The number of benzene rings is 1. The van der Waals surface area contributed by atoms with E-state index in [0.717, 1.165) is 26.2 Å². The van der Waals surface area contributed by atoms with Crippen molar-refractivity contribution in [3.05, 3.63) is 65.5 Å². The van der Waals surface area contributed by atoms with Crippen molar-refractivity contribution in [2.45, 2.75) is 20.0 Å². The molecule has 3 nitrogen and oxygen atoms in total. The Morgan fingerprint density at radius 3 is 2.75 bits per heavy atom. The predicted octanol–water partition coefficient (Wildman–Crippen LogP) is 2.61. The standard InChI is InChI=1S/C17H23N3/c1-15-6-3-4-8-17(15)14-20(2)11-10-19-13-16-7-5-9-18-12-16/h3-9,12,19H,10-11,13-14H2,1-2H3. The van der Waals surface area contributed by atoms with Crippen molar-refractivity contribution in [2.75, 3.05) is 20.1 Å². The largest absolute Gasteiger partial charge is 0.311 e. The van der Waals surface area contributed by atoms with Gasteiger partial charge in [-0.2, -0.15) is 0 Å². The van der Waals surface area contributed by atoms with E-state index in [1.54, 1.807) is 6.20 Å². The lowest BCUT2D eigenvalue weighted by Gasteiger charge is -2.18. The maximum atomic E-state index is 4.11. The van der Waals surface area contributed by atoms with Gasteiger partial charge in [0.05, 0.1) is 0 Å². The van der Waals surface area contributed by atoms with Crippen LogP contribution in [0.5, 0.6) is 0 Å². The molecular formula is C17H23N3. The van der Waals surface area contributed by atoms with Gasteiger partial charge in [0, 0.05) is 38.6 Å². The van der Waals surface area contributed by atoms with Crippen LogP contribution in [0.3, 0.4) is 0 Å². The lowest BCUT2D eigenvalue weighted by molar-refractivity contribution is 0.323. The minimum Gasteiger partial charge on any atom is -0.311 e. The zero-order chi connectivity index (χ0) is 14.2. The van der Waals surface area contributed by atoms with Gasteiger partial charge in [0.25, 0.3) is 0 Å². The molecule has 0 unspecified atom stereocenters. The summed E-state index contributed by atoms with van der Waals surface area (Å²) >= 11 is 0. The van der Waals surface area contributed by atoms with Gasteiger partial charge in [-0.05, 0) is 36.7 Å². The average molecular weight is 269 g/mol. The highest BCUT2D eigenvalue weighted by Gasteiger charge is 2.02. The van der Waals surface area contributed by atoms with Crippen molar-refractivity contribution < 1.29 is 0 Å². The summed E-state index contributed by atoms with van der Waals surface area (Å²) in [6, 6.07) is 12.6. The van der Waals surface area contributed by atoms with Gasteiger partial charge in [-0.3, -0.25) is 4.98 Å². The van der Waals surface area contributed by atoms with Crippen LogP contribution in [0.25, 0.3) is 0 Å². The van der Waals surface area contributed by atoms with E-state index in [9.17, 15) is 0 Å². The van der Waals surface area contributed by atoms with E-state index in [1.807, 2.05) is 12.3 Å². The Bertz CT molecular complexity index is 511. The molecule has 2 aromatic rings. The Kier molecular flexibility index (Phi) is 5.71.